The summed E-state index contributed by atoms with van der Waals surface area (Å²) in [4.78, 5) is 30.2. The number of urea groups is 1. The summed E-state index contributed by atoms with van der Waals surface area (Å²) >= 11 is 0. The minimum absolute atomic E-state index is 0.102. The summed E-state index contributed by atoms with van der Waals surface area (Å²) in [7, 11) is 0. The third-order valence-electron chi connectivity index (χ3n) is 6.42. The van der Waals surface area contributed by atoms with Gasteiger partial charge in [-0.1, -0.05) is 30.3 Å². The van der Waals surface area contributed by atoms with E-state index in [1.165, 1.54) is 28.1 Å². The highest BCUT2D eigenvalue weighted by atomic mass is 19.1. The molecule has 37 heavy (non-hydrogen) atoms. The molecule has 1 fully saturated rings. The molecule has 10 heteroatoms. The third-order valence-corrected chi connectivity index (χ3v) is 6.42. The molecule has 0 saturated carbocycles. The lowest BCUT2D eigenvalue weighted by Gasteiger charge is -2.31. The number of nitrogens with one attached hydrogen (secondary N) is 1. The Morgan fingerprint density at radius 2 is 1.81 bits per heavy atom. The first-order valence-corrected chi connectivity index (χ1v) is 12.6. The number of carbonyl (C=O) groups excluding carboxylic acids is 2. The Bertz CT molecular complexity index is 1120. The molecular weight excluding hydrogens is 480 g/mol. The van der Waals surface area contributed by atoms with Gasteiger partial charge in [0.15, 0.2) is 0 Å². The summed E-state index contributed by atoms with van der Waals surface area (Å²) in [5.41, 5.74) is 1.54. The number of morpholine rings is 1. The fraction of sp³-hybridized carbons (Fsp3) is 0.444. The van der Waals surface area contributed by atoms with Crippen LogP contribution in [-0.4, -0.2) is 84.4 Å². The molecule has 3 amide bonds. The Labute approximate surface area is 215 Å². The maximum atomic E-state index is 14.8. The van der Waals surface area contributed by atoms with Crippen LogP contribution in [0.1, 0.15) is 37.4 Å². The first-order valence-electron chi connectivity index (χ1n) is 12.6. The van der Waals surface area contributed by atoms with E-state index in [1.807, 2.05) is 13.8 Å². The molecule has 8 nitrogen and oxygen atoms in total. The van der Waals surface area contributed by atoms with Crippen LogP contribution in [0.15, 0.2) is 53.6 Å². The van der Waals surface area contributed by atoms with E-state index >= 15 is 0 Å². The smallest absolute Gasteiger partial charge is 0.318 e. The molecule has 0 aromatic heterocycles. The maximum Gasteiger partial charge on any atom is 0.318 e. The van der Waals surface area contributed by atoms with E-state index in [9.17, 15) is 18.4 Å². The zero-order valence-corrected chi connectivity index (χ0v) is 21.2. The van der Waals surface area contributed by atoms with Gasteiger partial charge >= 0.3 is 6.03 Å². The Kier molecular flexibility index (Phi) is 8.83. The van der Waals surface area contributed by atoms with Gasteiger partial charge in [-0.2, -0.15) is 5.10 Å². The molecule has 198 valence electrons. The lowest BCUT2D eigenvalue weighted by Crippen LogP contribution is -2.50. The van der Waals surface area contributed by atoms with E-state index in [1.54, 1.807) is 30.3 Å². The van der Waals surface area contributed by atoms with Gasteiger partial charge in [-0.25, -0.2) is 18.6 Å². The molecule has 0 aliphatic carbocycles. The molecule has 0 radical (unpaired) electrons. The standard InChI is InChI=1S/C27H33F2N5O3/c1-19(2)30-27(36)33(12-11-32-13-15-37-16-14-32)18-26(35)34-25(22-5-3-4-6-23(22)29)17-24(31-34)20-7-9-21(28)10-8-20/h3-10,19,25H,11-18H2,1-2H3,(H,30,36)/t25-/m0/s1. The van der Waals surface area contributed by atoms with Crippen LogP contribution >= 0.6 is 0 Å². The number of halogens is 2. The van der Waals surface area contributed by atoms with Crippen molar-refractivity contribution in [2.24, 2.45) is 5.10 Å². The monoisotopic (exact) mass is 513 g/mol. The number of nitrogens with zero attached hydrogens (tertiary/aromatic N) is 4. The molecule has 1 N–H and O–H groups in total. The second-order valence-electron chi connectivity index (χ2n) is 9.51. The van der Waals surface area contributed by atoms with Gasteiger partial charge < -0.3 is 15.0 Å². The van der Waals surface area contributed by atoms with Gasteiger partial charge in [0.05, 0.1) is 25.0 Å². The van der Waals surface area contributed by atoms with Crippen LogP contribution < -0.4 is 5.32 Å². The molecule has 2 aliphatic heterocycles. The van der Waals surface area contributed by atoms with Crippen molar-refractivity contribution < 1.29 is 23.1 Å². The summed E-state index contributed by atoms with van der Waals surface area (Å²) in [6.07, 6.45) is 0.268. The molecule has 2 aromatic carbocycles. The van der Waals surface area contributed by atoms with E-state index in [2.05, 4.69) is 15.3 Å². The quantitative estimate of drug-likeness (QED) is 0.587. The fourth-order valence-electron chi connectivity index (χ4n) is 4.46. The molecule has 4 rings (SSSR count). The average molecular weight is 514 g/mol. The molecule has 1 saturated heterocycles. The van der Waals surface area contributed by atoms with Crippen molar-refractivity contribution in [3.05, 3.63) is 71.3 Å². The Morgan fingerprint density at radius 1 is 1.11 bits per heavy atom. The van der Waals surface area contributed by atoms with Crippen molar-refractivity contribution >= 4 is 17.6 Å². The highest BCUT2D eigenvalue weighted by Gasteiger charge is 2.36. The number of hydrogen-bond donors (Lipinski definition) is 1. The lowest BCUT2D eigenvalue weighted by molar-refractivity contribution is -0.133. The number of hydrogen-bond acceptors (Lipinski definition) is 5. The summed E-state index contributed by atoms with van der Waals surface area (Å²) in [5, 5.41) is 8.66. The van der Waals surface area contributed by atoms with Gasteiger partial charge in [0.25, 0.3) is 5.91 Å². The second kappa shape index (κ2) is 12.2. The van der Waals surface area contributed by atoms with Crippen molar-refractivity contribution in [3.8, 4) is 0 Å². The highest BCUT2D eigenvalue weighted by molar-refractivity contribution is 6.03. The first-order chi connectivity index (χ1) is 17.8. The SMILES string of the molecule is CC(C)NC(=O)N(CCN1CCOCC1)CC(=O)N1N=C(c2ccc(F)cc2)C[C@H]1c1ccccc1F. The minimum Gasteiger partial charge on any atom is -0.379 e. The number of amides is 3. The van der Waals surface area contributed by atoms with Crippen molar-refractivity contribution in [3.63, 3.8) is 0 Å². The number of ether oxygens (including phenoxy) is 1. The van der Waals surface area contributed by atoms with Crippen LogP contribution in [0.4, 0.5) is 13.6 Å². The van der Waals surface area contributed by atoms with Gasteiger partial charge in [0.1, 0.15) is 18.2 Å². The van der Waals surface area contributed by atoms with Crippen molar-refractivity contribution in [1.29, 1.82) is 0 Å². The highest BCUT2D eigenvalue weighted by Crippen LogP contribution is 2.34. The molecular formula is C27H33F2N5O3. The van der Waals surface area contributed by atoms with Crippen molar-refractivity contribution in [2.75, 3.05) is 45.9 Å². The fourth-order valence-corrected chi connectivity index (χ4v) is 4.46. The molecule has 1 atom stereocenters. The van der Waals surface area contributed by atoms with Gasteiger partial charge in [0.2, 0.25) is 0 Å². The zero-order valence-electron chi connectivity index (χ0n) is 21.2. The number of hydrazone groups is 1. The van der Waals surface area contributed by atoms with Crippen LogP contribution in [0.5, 0.6) is 0 Å². The molecule has 2 aromatic rings. The topological polar surface area (TPSA) is 77.5 Å². The van der Waals surface area contributed by atoms with Crippen LogP contribution in [0.2, 0.25) is 0 Å². The number of carbonyl (C=O) groups is 2. The second-order valence-corrected chi connectivity index (χ2v) is 9.51. The van der Waals surface area contributed by atoms with Gasteiger partial charge in [-0.15, -0.1) is 0 Å². The van der Waals surface area contributed by atoms with E-state index in [-0.39, 0.29) is 30.9 Å². The third kappa shape index (κ3) is 6.90. The van der Waals surface area contributed by atoms with Crippen LogP contribution in [-0.2, 0) is 9.53 Å². The molecule has 0 unspecified atom stereocenters. The Morgan fingerprint density at radius 3 is 2.49 bits per heavy atom. The van der Waals surface area contributed by atoms with Gasteiger partial charge in [-0.3, -0.25) is 9.69 Å². The minimum atomic E-state index is -0.678. The summed E-state index contributed by atoms with van der Waals surface area (Å²) < 4.78 is 33.7. The molecule has 0 spiro atoms. The molecule has 2 heterocycles. The van der Waals surface area contributed by atoms with Crippen molar-refractivity contribution in [2.45, 2.75) is 32.4 Å². The Hall–Kier alpha value is -3.37. The van der Waals surface area contributed by atoms with Crippen LogP contribution in [0.25, 0.3) is 0 Å². The van der Waals surface area contributed by atoms with Crippen LogP contribution in [0, 0.1) is 11.6 Å². The van der Waals surface area contributed by atoms with Crippen molar-refractivity contribution in [1.82, 2.24) is 20.1 Å². The van der Waals surface area contributed by atoms with Crippen LogP contribution in [0.3, 0.4) is 0 Å². The van der Waals surface area contributed by atoms with E-state index in [4.69, 9.17) is 4.74 Å². The summed E-state index contributed by atoms with van der Waals surface area (Å²) in [5.74, 6) is -1.25. The predicted molar refractivity (Wildman–Crippen MR) is 136 cm³/mol. The number of rotatable bonds is 8. The zero-order chi connectivity index (χ0) is 26.4. The first kappa shape index (κ1) is 26.7. The van der Waals surface area contributed by atoms with E-state index in [0.717, 1.165) is 13.1 Å². The lowest BCUT2D eigenvalue weighted by atomic mass is 9.98. The predicted octanol–water partition coefficient (Wildman–Crippen LogP) is 3.39. The summed E-state index contributed by atoms with van der Waals surface area (Å²) in [6, 6.07) is 11.0. The largest absolute Gasteiger partial charge is 0.379 e. The molecule has 0 bridgehead atoms. The van der Waals surface area contributed by atoms with E-state index < -0.39 is 17.8 Å². The Balaban J connectivity index is 1.56. The maximum absolute atomic E-state index is 14.8. The van der Waals surface area contributed by atoms with Gasteiger partial charge in [-0.05, 0) is 37.6 Å². The average Bonchev–Trinajstić information content (AvgIpc) is 3.32. The van der Waals surface area contributed by atoms with Gasteiger partial charge in [0, 0.05) is 44.2 Å². The molecule has 2 aliphatic rings. The van der Waals surface area contributed by atoms with E-state index in [0.29, 0.717) is 43.1 Å². The summed E-state index contributed by atoms with van der Waals surface area (Å²) in [6.45, 7) is 7.24. The number of benzene rings is 2. The normalized spacial score (nSPS) is 18.1.